The molecule has 0 amide bonds. The van der Waals surface area contributed by atoms with Gasteiger partial charge in [-0.25, -0.2) is 18.4 Å². The molecule has 1 aromatic heterocycles. The lowest BCUT2D eigenvalue weighted by Gasteiger charge is -2.27. The van der Waals surface area contributed by atoms with Crippen molar-refractivity contribution in [3.05, 3.63) is 18.1 Å². The fourth-order valence-electron chi connectivity index (χ4n) is 2.17. The third-order valence-corrected chi connectivity index (χ3v) is 4.76. The van der Waals surface area contributed by atoms with Crippen molar-refractivity contribution in [3.63, 3.8) is 0 Å². The topological polar surface area (TPSA) is 100 Å². The highest BCUT2D eigenvalue weighted by Gasteiger charge is 2.33. The Labute approximate surface area is 111 Å². The summed E-state index contributed by atoms with van der Waals surface area (Å²) in [4.78, 5) is 20.6. The van der Waals surface area contributed by atoms with Gasteiger partial charge in [0.1, 0.15) is 18.2 Å². The van der Waals surface area contributed by atoms with Crippen molar-refractivity contribution in [2.45, 2.75) is 19.4 Å². The predicted molar refractivity (Wildman–Crippen MR) is 68.8 cm³/mol. The zero-order chi connectivity index (χ0) is 14.0. The van der Waals surface area contributed by atoms with Crippen molar-refractivity contribution in [2.24, 2.45) is 0 Å². The molecule has 1 saturated heterocycles. The lowest BCUT2D eigenvalue weighted by molar-refractivity contribution is -0.135. The molecule has 7 nitrogen and oxygen atoms in total. The van der Waals surface area contributed by atoms with E-state index in [4.69, 9.17) is 5.11 Å². The summed E-state index contributed by atoms with van der Waals surface area (Å²) in [6.07, 6.45) is 1.97. The van der Waals surface area contributed by atoms with Crippen LogP contribution in [0, 0.1) is 6.92 Å². The summed E-state index contributed by atoms with van der Waals surface area (Å²) < 4.78 is 23.0. The van der Waals surface area contributed by atoms with Crippen molar-refractivity contribution in [2.75, 3.05) is 23.0 Å². The van der Waals surface area contributed by atoms with E-state index in [9.17, 15) is 13.2 Å². The van der Waals surface area contributed by atoms with Gasteiger partial charge < -0.3 is 10.0 Å². The van der Waals surface area contributed by atoms with Gasteiger partial charge in [0.2, 0.25) is 0 Å². The quantitative estimate of drug-likeness (QED) is 0.821. The van der Waals surface area contributed by atoms with Gasteiger partial charge >= 0.3 is 5.97 Å². The lowest BCUT2D eigenvalue weighted by atomic mass is 10.2. The fraction of sp³-hybridized carbons (Fsp3) is 0.545. The number of hydrogen-bond donors (Lipinski definition) is 1. The Bertz CT molecular complexity index is 587. The van der Waals surface area contributed by atoms with Crippen molar-refractivity contribution in [3.8, 4) is 0 Å². The molecule has 2 rings (SSSR count). The van der Waals surface area contributed by atoms with Crippen molar-refractivity contribution >= 4 is 21.6 Å². The van der Waals surface area contributed by atoms with Gasteiger partial charge in [0.15, 0.2) is 9.84 Å². The molecule has 19 heavy (non-hydrogen) atoms. The van der Waals surface area contributed by atoms with Crippen molar-refractivity contribution in [1.82, 2.24) is 9.97 Å². The number of aromatic nitrogens is 2. The molecule has 1 atom stereocenters. The van der Waals surface area contributed by atoms with E-state index in [2.05, 4.69) is 9.97 Å². The number of carbonyl (C=O) groups is 1. The van der Waals surface area contributed by atoms with Crippen LogP contribution in [0.4, 0.5) is 5.82 Å². The van der Waals surface area contributed by atoms with E-state index in [1.165, 1.54) is 11.1 Å². The Hall–Kier alpha value is -1.70. The maximum absolute atomic E-state index is 11.5. The maximum atomic E-state index is 11.5. The monoisotopic (exact) mass is 285 g/mol. The first-order valence-corrected chi connectivity index (χ1v) is 7.68. The van der Waals surface area contributed by atoms with Gasteiger partial charge in [-0.1, -0.05) is 0 Å². The summed E-state index contributed by atoms with van der Waals surface area (Å²) >= 11 is 0. The average Bonchev–Trinajstić information content (AvgIpc) is 2.66. The fourth-order valence-corrected chi connectivity index (χ4v) is 3.90. The second kappa shape index (κ2) is 5.12. The van der Waals surface area contributed by atoms with E-state index >= 15 is 0 Å². The molecule has 0 bridgehead atoms. The number of hydrogen-bond acceptors (Lipinski definition) is 6. The van der Waals surface area contributed by atoms with E-state index in [0.29, 0.717) is 18.1 Å². The molecule has 0 radical (unpaired) electrons. The summed E-state index contributed by atoms with van der Waals surface area (Å²) in [5.41, 5.74) is 0. The highest BCUT2D eigenvalue weighted by Crippen LogP contribution is 2.22. The number of nitrogens with zero attached hydrogens (tertiary/aromatic N) is 3. The Kier molecular flexibility index (Phi) is 3.70. The maximum Gasteiger partial charge on any atom is 0.323 e. The number of aryl methyl sites for hydroxylation is 1. The first kappa shape index (κ1) is 13.7. The number of anilines is 1. The van der Waals surface area contributed by atoms with Crippen LogP contribution in [0.1, 0.15) is 12.2 Å². The number of rotatable bonds is 4. The number of carboxylic acids is 1. The summed E-state index contributed by atoms with van der Waals surface area (Å²) in [5.74, 6) is 0.0348. The van der Waals surface area contributed by atoms with E-state index in [1.807, 2.05) is 0 Å². The Morgan fingerprint density at radius 3 is 2.84 bits per heavy atom. The third-order valence-electron chi connectivity index (χ3n) is 3.01. The van der Waals surface area contributed by atoms with Gasteiger partial charge in [-0.3, -0.25) is 4.79 Å². The van der Waals surface area contributed by atoms with Gasteiger partial charge in [-0.15, -0.1) is 0 Å². The van der Waals surface area contributed by atoms with Crippen molar-refractivity contribution < 1.29 is 18.3 Å². The molecule has 1 fully saturated rings. The predicted octanol–water partition coefficient (Wildman–Crippen LogP) is -0.137. The summed E-state index contributed by atoms with van der Waals surface area (Å²) in [6, 6.07) is 1.26. The number of carboxylic acid groups (broad SMARTS) is 1. The molecule has 0 aromatic carbocycles. The van der Waals surface area contributed by atoms with Crippen LogP contribution < -0.4 is 4.90 Å². The van der Waals surface area contributed by atoms with Crippen LogP contribution in [0.15, 0.2) is 12.3 Å². The summed E-state index contributed by atoms with van der Waals surface area (Å²) in [7, 11) is -3.07. The number of aliphatic carboxylic acids is 1. The van der Waals surface area contributed by atoms with Gasteiger partial charge in [0.25, 0.3) is 0 Å². The minimum absolute atomic E-state index is 0.0245. The van der Waals surface area contributed by atoms with Crippen LogP contribution in [0.5, 0.6) is 0 Å². The molecular formula is C11H15N3O4S. The molecule has 0 spiro atoms. The first-order chi connectivity index (χ1) is 8.87. The largest absolute Gasteiger partial charge is 0.480 e. The molecule has 2 heterocycles. The minimum Gasteiger partial charge on any atom is -0.480 e. The molecular weight excluding hydrogens is 270 g/mol. The van der Waals surface area contributed by atoms with Gasteiger partial charge in [-0.05, 0) is 19.4 Å². The van der Waals surface area contributed by atoms with Gasteiger partial charge in [-0.2, -0.15) is 0 Å². The van der Waals surface area contributed by atoms with E-state index < -0.39 is 15.8 Å². The highest BCUT2D eigenvalue weighted by molar-refractivity contribution is 7.91. The van der Waals surface area contributed by atoms with Crippen LogP contribution in [-0.4, -0.2) is 53.6 Å². The second-order valence-corrected chi connectivity index (χ2v) is 6.77. The Morgan fingerprint density at radius 1 is 1.58 bits per heavy atom. The van der Waals surface area contributed by atoms with Crippen LogP contribution in [0.2, 0.25) is 0 Å². The SMILES string of the molecule is Cc1nccc(N(CC(=O)O)C2CCS(=O)(=O)C2)n1. The molecule has 1 aliphatic rings. The first-order valence-electron chi connectivity index (χ1n) is 5.86. The van der Waals surface area contributed by atoms with Crippen molar-refractivity contribution in [1.29, 1.82) is 0 Å². The smallest absolute Gasteiger partial charge is 0.323 e. The molecule has 1 unspecified atom stereocenters. The second-order valence-electron chi connectivity index (χ2n) is 4.54. The van der Waals surface area contributed by atoms with Gasteiger partial charge in [0, 0.05) is 12.2 Å². The van der Waals surface area contributed by atoms with Crippen LogP contribution in [-0.2, 0) is 14.6 Å². The summed E-state index contributed by atoms with van der Waals surface area (Å²) in [5, 5.41) is 8.97. The molecule has 1 aliphatic heterocycles. The highest BCUT2D eigenvalue weighted by atomic mass is 32.2. The standard InChI is InChI=1S/C11H15N3O4S/c1-8-12-4-2-10(13-8)14(6-11(15)16)9-3-5-19(17,18)7-9/h2,4,9H,3,5-7H2,1H3,(H,15,16). The molecule has 1 aromatic rings. The molecule has 1 N–H and O–H groups in total. The van der Waals surface area contributed by atoms with E-state index in [1.54, 1.807) is 13.0 Å². The third kappa shape index (κ3) is 3.40. The normalized spacial score (nSPS) is 21.2. The van der Waals surface area contributed by atoms with Crippen LogP contribution in [0.25, 0.3) is 0 Å². The minimum atomic E-state index is -3.07. The van der Waals surface area contributed by atoms with Crippen LogP contribution in [0.3, 0.4) is 0 Å². The number of sulfone groups is 1. The van der Waals surface area contributed by atoms with E-state index in [0.717, 1.165) is 0 Å². The zero-order valence-electron chi connectivity index (χ0n) is 10.5. The van der Waals surface area contributed by atoms with Gasteiger partial charge in [0.05, 0.1) is 11.5 Å². The Balaban J connectivity index is 2.29. The summed E-state index contributed by atoms with van der Waals surface area (Å²) in [6.45, 7) is 1.43. The molecule has 104 valence electrons. The zero-order valence-corrected chi connectivity index (χ0v) is 11.3. The van der Waals surface area contributed by atoms with E-state index in [-0.39, 0.29) is 24.1 Å². The van der Waals surface area contributed by atoms with Crippen LogP contribution >= 0.6 is 0 Å². The molecule has 0 saturated carbocycles. The lowest BCUT2D eigenvalue weighted by Crippen LogP contribution is -2.40. The molecule has 0 aliphatic carbocycles. The average molecular weight is 285 g/mol. The Morgan fingerprint density at radius 2 is 2.32 bits per heavy atom. The molecule has 8 heteroatoms.